The van der Waals surface area contributed by atoms with E-state index in [1.54, 1.807) is 7.11 Å². The van der Waals surface area contributed by atoms with Crippen LogP contribution in [0.4, 0.5) is 0 Å². The van der Waals surface area contributed by atoms with Crippen LogP contribution in [0.2, 0.25) is 0 Å². The topological polar surface area (TPSA) is 50.8 Å². The van der Waals surface area contributed by atoms with Crippen molar-refractivity contribution < 1.29 is 14.3 Å². The number of nitrogens with zero attached hydrogens (tertiary/aromatic N) is 1. The summed E-state index contributed by atoms with van der Waals surface area (Å²) < 4.78 is 11.6. The summed E-state index contributed by atoms with van der Waals surface area (Å²) in [6.07, 6.45) is 7.16. The summed E-state index contributed by atoms with van der Waals surface area (Å²) in [4.78, 5) is 15.0. The van der Waals surface area contributed by atoms with E-state index in [1.165, 1.54) is 12.8 Å². The van der Waals surface area contributed by atoms with Gasteiger partial charge in [-0.2, -0.15) is 0 Å². The zero-order valence-corrected chi connectivity index (χ0v) is 15.7. The second kappa shape index (κ2) is 7.87. The van der Waals surface area contributed by atoms with Crippen molar-refractivity contribution in [2.24, 2.45) is 11.8 Å². The van der Waals surface area contributed by atoms with Crippen molar-refractivity contribution in [1.82, 2.24) is 10.2 Å². The SMILES string of the molecule is COc1cc(C(=O)N2CC[C@@H]3CNC[C@@H]3CC2)ccc1OC1CCCC1. The molecule has 0 unspecified atom stereocenters. The molecule has 0 aromatic heterocycles. The Kier molecular flexibility index (Phi) is 5.34. The first-order valence-corrected chi connectivity index (χ1v) is 10.1. The summed E-state index contributed by atoms with van der Waals surface area (Å²) >= 11 is 0. The largest absolute Gasteiger partial charge is 0.493 e. The Morgan fingerprint density at radius 2 is 1.73 bits per heavy atom. The zero-order valence-electron chi connectivity index (χ0n) is 15.7. The number of hydrogen-bond acceptors (Lipinski definition) is 4. The lowest BCUT2D eigenvalue weighted by molar-refractivity contribution is 0.0758. The predicted octanol–water partition coefficient (Wildman–Crippen LogP) is 3.09. The highest BCUT2D eigenvalue weighted by atomic mass is 16.5. The molecule has 1 N–H and O–H groups in total. The first kappa shape index (κ1) is 17.7. The Bertz CT molecular complexity index is 628. The molecule has 1 aromatic carbocycles. The lowest BCUT2D eigenvalue weighted by Gasteiger charge is -2.22. The second-order valence-electron chi connectivity index (χ2n) is 7.94. The number of amides is 1. The second-order valence-corrected chi connectivity index (χ2v) is 7.94. The van der Waals surface area contributed by atoms with Crippen LogP contribution in [0.15, 0.2) is 18.2 Å². The number of benzene rings is 1. The van der Waals surface area contributed by atoms with Crippen LogP contribution in [0.1, 0.15) is 48.9 Å². The standard InChI is InChI=1S/C21H30N2O3/c1-25-20-12-15(6-7-19(20)26-18-4-2-3-5-18)21(24)23-10-8-16-13-22-14-17(16)9-11-23/h6-7,12,16-18,22H,2-5,8-11,13-14H2,1H3/t16-,17+. The molecule has 3 fully saturated rings. The maximum Gasteiger partial charge on any atom is 0.253 e. The van der Waals surface area contributed by atoms with Crippen molar-refractivity contribution in [3.63, 3.8) is 0 Å². The van der Waals surface area contributed by atoms with Crippen molar-refractivity contribution in [3.8, 4) is 11.5 Å². The van der Waals surface area contributed by atoms with Crippen molar-refractivity contribution in [2.75, 3.05) is 33.3 Å². The first-order valence-electron chi connectivity index (χ1n) is 10.1. The molecule has 2 atom stereocenters. The van der Waals surface area contributed by atoms with Crippen LogP contribution in [0.5, 0.6) is 11.5 Å². The van der Waals surface area contributed by atoms with Crippen molar-refractivity contribution >= 4 is 5.91 Å². The zero-order chi connectivity index (χ0) is 17.9. The summed E-state index contributed by atoms with van der Waals surface area (Å²) in [6, 6.07) is 5.64. The van der Waals surface area contributed by atoms with Gasteiger partial charge < -0.3 is 19.7 Å². The summed E-state index contributed by atoms with van der Waals surface area (Å²) in [5.41, 5.74) is 0.700. The molecule has 1 saturated carbocycles. The molecule has 0 radical (unpaired) electrons. The number of ether oxygens (including phenoxy) is 2. The molecular weight excluding hydrogens is 328 g/mol. The molecule has 0 bridgehead atoms. The van der Waals surface area contributed by atoms with Gasteiger partial charge in [-0.1, -0.05) is 0 Å². The number of rotatable bonds is 4. The highest BCUT2D eigenvalue weighted by Gasteiger charge is 2.32. The minimum Gasteiger partial charge on any atom is -0.493 e. The Hall–Kier alpha value is -1.75. The number of likely N-dealkylation sites (tertiary alicyclic amines) is 1. The van der Waals surface area contributed by atoms with E-state index in [-0.39, 0.29) is 12.0 Å². The van der Waals surface area contributed by atoms with Crippen LogP contribution in [0.25, 0.3) is 0 Å². The molecule has 5 heteroatoms. The third-order valence-electron chi connectivity index (χ3n) is 6.31. The molecule has 2 aliphatic heterocycles. The number of carbonyl (C=O) groups excluding carboxylic acids is 1. The van der Waals surface area contributed by atoms with Gasteiger partial charge in [0.25, 0.3) is 5.91 Å². The van der Waals surface area contributed by atoms with Gasteiger partial charge in [-0.3, -0.25) is 4.79 Å². The Morgan fingerprint density at radius 3 is 2.38 bits per heavy atom. The summed E-state index contributed by atoms with van der Waals surface area (Å²) in [7, 11) is 1.64. The van der Waals surface area contributed by atoms with E-state index in [0.717, 1.165) is 69.4 Å². The molecule has 142 valence electrons. The lowest BCUT2D eigenvalue weighted by Crippen LogP contribution is -2.32. The van der Waals surface area contributed by atoms with Gasteiger partial charge in [-0.05, 0) is 81.6 Å². The van der Waals surface area contributed by atoms with E-state index in [9.17, 15) is 4.79 Å². The number of methoxy groups -OCH3 is 1. The number of carbonyl (C=O) groups is 1. The van der Waals surface area contributed by atoms with Crippen LogP contribution in [0.3, 0.4) is 0 Å². The highest BCUT2D eigenvalue weighted by Crippen LogP contribution is 2.33. The average Bonchev–Trinajstić information content (AvgIpc) is 3.30. The Labute approximate surface area is 156 Å². The molecule has 2 heterocycles. The van der Waals surface area contributed by atoms with Gasteiger partial charge in [0.2, 0.25) is 0 Å². The predicted molar refractivity (Wildman–Crippen MR) is 101 cm³/mol. The molecule has 1 aliphatic carbocycles. The Morgan fingerprint density at radius 1 is 1.04 bits per heavy atom. The van der Waals surface area contributed by atoms with Crippen LogP contribution in [0, 0.1) is 11.8 Å². The van der Waals surface area contributed by atoms with Crippen LogP contribution in [-0.4, -0.2) is 50.2 Å². The van der Waals surface area contributed by atoms with Gasteiger partial charge in [-0.15, -0.1) is 0 Å². The minimum atomic E-state index is 0.114. The number of hydrogen-bond donors (Lipinski definition) is 1. The Balaban J connectivity index is 1.45. The van der Waals surface area contributed by atoms with E-state index in [2.05, 4.69) is 5.32 Å². The third kappa shape index (κ3) is 3.68. The van der Waals surface area contributed by atoms with E-state index >= 15 is 0 Å². The minimum absolute atomic E-state index is 0.114. The average molecular weight is 358 g/mol. The van der Waals surface area contributed by atoms with Gasteiger partial charge >= 0.3 is 0 Å². The maximum absolute atomic E-state index is 13.0. The third-order valence-corrected chi connectivity index (χ3v) is 6.31. The molecule has 5 nitrogen and oxygen atoms in total. The lowest BCUT2D eigenvalue weighted by atomic mass is 9.92. The fraction of sp³-hybridized carbons (Fsp3) is 0.667. The highest BCUT2D eigenvalue weighted by molar-refractivity contribution is 5.95. The van der Waals surface area contributed by atoms with E-state index in [4.69, 9.17) is 9.47 Å². The molecule has 2 saturated heterocycles. The summed E-state index contributed by atoms with van der Waals surface area (Å²) in [5, 5.41) is 3.48. The smallest absolute Gasteiger partial charge is 0.253 e. The van der Waals surface area contributed by atoms with Crippen molar-refractivity contribution in [2.45, 2.75) is 44.6 Å². The van der Waals surface area contributed by atoms with E-state index < -0.39 is 0 Å². The van der Waals surface area contributed by atoms with Crippen LogP contribution >= 0.6 is 0 Å². The van der Waals surface area contributed by atoms with E-state index in [0.29, 0.717) is 11.3 Å². The van der Waals surface area contributed by atoms with Gasteiger partial charge in [0.15, 0.2) is 11.5 Å². The molecule has 1 aromatic rings. The van der Waals surface area contributed by atoms with Crippen LogP contribution < -0.4 is 14.8 Å². The van der Waals surface area contributed by atoms with Gasteiger partial charge in [-0.25, -0.2) is 0 Å². The van der Waals surface area contributed by atoms with Gasteiger partial charge in [0.05, 0.1) is 13.2 Å². The molecule has 26 heavy (non-hydrogen) atoms. The number of nitrogens with one attached hydrogen (secondary N) is 1. The molecule has 3 aliphatic rings. The van der Waals surface area contributed by atoms with Crippen LogP contribution in [-0.2, 0) is 0 Å². The van der Waals surface area contributed by atoms with E-state index in [1.807, 2.05) is 23.1 Å². The summed E-state index contributed by atoms with van der Waals surface area (Å²) in [6.45, 7) is 3.91. The van der Waals surface area contributed by atoms with Gasteiger partial charge in [0.1, 0.15) is 0 Å². The normalized spacial score (nSPS) is 26.4. The molecule has 4 rings (SSSR count). The summed E-state index contributed by atoms with van der Waals surface area (Å²) in [5.74, 6) is 2.99. The quantitative estimate of drug-likeness (QED) is 0.899. The van der Waals surface area contributed by atoms with Gasteiger partial charge in [0, 0.05) is 18.7 Å². The number of fused-ring (bicyclic) bond motifs is 1. The molecule has 0 spiro atoms. The first-order chi connectivity index (χ1) is 12.7. The fourth-order valence-corrected chi connectivity index (χ4v) is 4.69. The molecule has 1 amide bonds. The monoisotopic (exact) mass is 358 g/mol. The molecular formula is C21H30N2O3. The maximum atomic E-state index is 13.0. The van der Waals surface area contributed by atoms with Crippen molar-refractivity contribution in [3.05, 3.63) is 23.8 Å². The fourth-order valence-electron chi connectivity index (χ4n) is 4.69. The van der Waals surface area contributed by atoms with Crippen molar-refractivity contribution in [1.29, 1.82) is 0 Å².